The Bertz CT molecular complexity index is 789. The van der Waals surface area contributed by atoms with Crippen LogP contribution in [0, 0.1) is 6.92 Å². The summed E-state index contributed by atoms with van der Waals surface area (Å²) in [6.45, 7) is 3.63. The number of hydrogen-bond acceptors (Lipinski definition) is 4. The van der Waals surface area contributed by atoms with E-state index in [2.05, 4.69) is 37.7 Å². The van der Waals surface area contributed by atoms with Gasteiger partial charge in [-0.05, 0) is 18.9 Å². The third-order valence-corrected chi connectivity index (χ3v) is 4.33. The van der Waals surface area contributed by atoms with Gasteiger partial charge in [0.05, 0.1) is 18.4 Å². The maximum absolute atomic E-state index is 4.46. The lowest BCUT2D eigenvalue weighted by molar-refractivity contribution is 0.358. The van der Waals surface area contributed by atoms with Gasteiger partial charge in [-0.25, -0.2) is 9.67 Å². The smallest absolute Gasteiger partial charge is 0.147 e. The van der Waals surface area contributed by atoms with Crippen molar-refractivity contribution in [3.8, 4) is 11.3 Å². The predicted molar refractivity (Wildman–Crippen MR) is 87.7 cm³/mol. The molecule has 0 unspecified atom stereocenters. The van der Waals surface area contributed by atoms with Crippen LogP contribution >= 0.6 is 0 Å². The van der Waals surface area contributed by atoms with Crippen molar-refractivity contribution in [2.75, 3.05) is 0 Å². The number of aryl methyl sites for hydroxylation is 2. The molecule has 6 heteroatoms. The highest BCUT2D eigenvalue weighted by molar-refractivity contribution is 5.62. The van der Waals surface area contributed by atoms with Gasteiger partial charge in [-0.1, -0.05) is 30.3 Å². The summed E-state index contributed by atoms with van der Waals surface area (Å²) in [5.74, 6) is 1.97. The van der Waals surface area contributed by atoms with Crippen LogP contribution in [0.25, 0.3) is 11.3 Å². The minimum absolute atomic E-state index is 0.419. The second kappa shape index (κ2) is 5.96. The van der Waals surface area contributed by atoms with Crippen LogP contribution in [0.2, 0.25) is 0 Å². The van der Waals surface area contributed by atoms with Gasteiger partial charge in [-0.2, -0.15) is 10.2 Å². The average Bonchev–Trinajstić information content (AvgIpc) is 3.18. The monoisotopic (exact) mass is 308 g/mol. The van der Waals surface area contributed by atoms with Crippen molar-refractivity contribution in [1.29, 1.82) is 0 Å². The van der Waals surface area contributed by atoms with E-state index in [0.29, 0.717) is 6.04 Å². The number of nitrogens with one attached hydrogen (secondary N) is 2. The summed E-state index contributed by atoms with van der Waals surface area (Å²) < 4.78 is 2.03. The summed E-state index contributed by atoms with van der Waals surface area (Å²) in [5.41, 5.74) is 3.45. The molecule has 0 radical (unpaired) electrons. The first-order valence-corrected chi connectivity index (χ1v) is 8.01. The third kappa shape index (κ3) is 2.90. The highest BCUT2D eigenvalue weighted by atomic mass is 15.4. The Labute approximate surface area is 135 Å². The van der Waals surface area contributed by atoms with Crippen molar-refractivity contribution in [3.63, 3.8) is 0 Å². The van der Waals surface area contributed by atoms with E-state index in [1.54, 1.807) is 0 Å². The van der Waals surface area contributed by atoms with Gasteiger partial charge in [-0.3, -0.25) is 5.10 Å². The molecule has 2 N–H and O–H groups in total. The summed E-state index contributed by atoms with van der Waals surface area (Å²) in [5, 5.41) is 15.4. The molecule has 1 aliphatic heterocycles. The van der Waals surface area contributed by atoms with Crippen LogP contribution in [0.3, 0.4) is 0 Å². The molecule has 0 saturated carbocycles. The van der Waals surface area contributed by atoms with Crippen molar-refractivity contribution < 1.29 is 0 Å². The molecule has 3 aromatic rings. The molecule has 23 heavy (non-hydrogen) atoms. The van der Waals surface area contributed by atoms with Crippen LogP contribution in [0.1, 0.15) is 23.6 Å². The van der Waals surface area contributed by atoms with Gasteiger partial charge in [0, 0.05) is 24.6 Å². The molecule has 0 aliphatic carbocycles. The molecule has 1 aromatic carbocycles. The van der Waals surface area contributed by atoms with Crippen molar-refractivity contribution in [1.82, 2.24) is 30.3 Å². The Hall–Kier alpha value is -2.47. The van der Waals surface area contributed by atoms with Crippen LogP contribution in [0.15, 0.2) is 36.5 Å². The summed E-state index contributed by atoms with van der Waals surface area (Å²) in [6.07, 6.45) is 3.98. The van der Waals surface area contributed by atoms with E-state index in [9.17, 15) is 0 Å². The Morgan fingerprint density at radius 3 is 3.04 bits per heavy atom. The van der Waals surface area contributed by atoms with Crippen molar-refractivity contribution >= 4 is 0 Å². The fourth-order valence-corrected chi connectivity index (χ4v) is 3.15. The number of aromatic amines is 1. The lowest BCUT2D eigenvalue weighted by Gasteiger charge is -2.23. The quantitative estimate of drug-likeness (QED) is 0.774. The van der Waals surface area contributed by atoms with Crippen LogP contribution in [0.4, 0.5) is 0 Å². The normalized spacial score (nSPS) is 17.2. The van der Waals surface area contributed by atoms with Crippen molar-refractivity contribution in [3.05, 3.63) is 53.7 Å². The predicted octanol–water partition coefficient (Wildman–Crippen LogP) is 2.08. The van der Waals surface area contributed by atoms with Gasteiger partial charge in [0.25, 0.3) is 0 Å². The maximum Gasteiger partial charge on any atom is 0.147 e. The molecule has 3 heterocycles. The summed E-state index contributed by atoms with van der Waals surface area (Å²) >= 11 is 0. The van der Waals surface area contributed by atoms with E-state index in [1.807, 2.05) is 36.0 Å². The first-order chi connectivity index (χ1) is 11.3. The Morgan fingerprint density at radius 2 is 2.17 bits per heavy atom. The fourth-order valence-electron chi connectivity index (χ4n) is 3.15. The first kappa shape index (κ1) is 14.1. The van der Waals surface area contributed by atoms with E-state index in [-0.39, 0.29) is 0 Å². The van der Waals surface area contributed by atoms with Gasteiger partial charge in [-0.15, -0.1) is 0 Å². The minimum atomic E-state index is 0.419. The zero-order valence-electron chi connectivity index (χ0n) is 13.2. The van der Waals surface area contributed by atoms with E-state index in [0.717, 1.165) is 43.3 Å². The number of benzene rings is 1. The largest absolute Gasteiger partial charge is 0.308 e. The van der Waals surface area contributed by atoms with Crippen LogP contribution in [-0.2, 0) is 19.5 Å². The van der Waals surface area contributed by atoms with E-state index in [4.69, 9.17) is 0 Å². The van der Waals surface area contributed by atoms with Crippen LogP contribution in [-0.4, -0.2) is 31.0 Å². The molecule has 0 saturated heterocycles. The van der Waals surface area contributed by atoms with Crippen molar-refractivity contribution in [2.24, 2.45) is 0 Å². The maximum atomic E-state index is 4.46. The zero-order valence-corrected chi connectivity index (χ0v) is 13.2. The lowest BCUT2D eigenvalue weighted by atomic mass is 10.1. The molecule has 0 bridgehead atoms. The third-order valence-electron chi connectivity index (χ3n) is 4.33. The Kier molecular flexibility index (Phi) is 3.67. The number of aromatic nitrogens is 5. The molecule has 4 rings (SSSR count). The molecule has 1 atom stereocenters. The van der Waals surface area contributed by atoms with Gasteiger partial charge < -0.3 is 5.32 Å². The molecule has 6 nitrogen and oxygen atoms in total. The van der Waals surface area contributed by atoms with Crippen molar-refractivity contribution in [2.45, 2.75) is 38.9 Å². The summed E-state index contributed by atoms with van der Waals surface area (Å²) in [4.78, 5) is 4.46. The number of hydrogen-bond donors (Lipinski definition) is 2. The highest BCUT2D eigenvalue weighted by Gasteiger charge is 2.20. The topological polar surface area (TPSA) is 71.4 Å². The molecule has 2 aromatic heterocycles. The van der Waals surface area contributed by atoms with Gasteiger partial charge in [0.15, 0.2) is 0 Å². The zero-order chi connectivity index (χ0) is 15.6. The van der Waals surface area contributed by atoms with E-state index in [1.165, 1.54) is 11.1 Å². The number of rotatable bonds is 4. The fraction of sp³-hybridized carbons (Fsp3) is 0.353. The van der Waals surface area contributed by atoms with Crippen LogP contribution < -0.4 is 5.32 Å². The average molecular weight is 308 g/mol. The molecule has 0 spiro atoms. The summed E-state index contributed by atoms with van der Waals surface area (Å²) in [6, 6.07) is 10.7. The molecule has 0 fully saturated rings. The summed E-state index contributed by atoms with van der Waals surface area (Å²) in [7, 11) is 0. The Morgan fingerprint density at radius 1 is 1.30 bits per heavy atom. The van der Waals surface area contributed by atoms with Gasteiger partial charge in [0.1, 0.15) is 11.6 Å². The second-order valence-corrected chi connectivity index (χ2v) is 6.01. The van der Waals surface area contributed by atoms with E-state index < -0.39 is 0 Å². The molecular weight excluding hydrogens is 288 g/mol. The molecule has 1 aliphatic rings. The van der Waals surface area contributed by atoms with Gasteiger partial charge >= 0.3 is 0 Å². The first-order valence-electron chi connectivity index (χ1n) is 8.01. The molecule has 0 amide bonds. The number of fused-ring (bicyclic) bond motifs is 1. The van der Waals surface area contributed by atoms with Crippen LogP contribution in [0.5, 0.6) is 0 Å². The SMILES string of the molecule is Cc1nc2n(n1)C[C@H](NCc1cn[nH]c1-c1ccccc1)CC2. The lowest BCUT2D eigenvalue weighted by Crippen LogP contribution is -2.37. The van der Waals surface area contributed by atoms with Gasteiger partial charge in [0.2, 0.25) is 0 Å². The van der Waals surface area contributed by atoms with E-state index >= 15 is 0 Å². The number of nitrogens with zero attached hydrogens (tertiary/aromatic N) is 4. The molecular formula is C17H20N6. The minimum Gasteiger partial charge on any atom is -0.308 e. The number of H-pyrrole nitrogens is 1. The highest BCUT2D eigenvalue weighted by Crippen LogP contribution is 2.21. The second-order valence-electron chi connectivity index (χ2n) is 6.01. The standard InChI is InChI=1S/C17H20N6/c1-12-20-16-8-7-15(11-23(16)22-12)18-9-14-10-19-21-17(14)13-5-3-2-4-6-13/h2-6,10,15,18H,7-9,11H2,1H3,(H,19,21)/t15-/m1/s1. The molecule has 118 valence electrons. The Balaban J connectivity index is 1.44.